The number of hydrogen-bond acceptors (Lipinski definition) is 3. The summed E-state index contributed by atoms with van der Waals surface area (Å²) in [4.78, 5) is 4.42. The van der Waals surface area contributed by atoms with E-state index in [1.807, 2.05) is 12.1 Å². The molecule has 0 aliphatic rings. The summed E-state index contributed by atoms with van der Waals surface area (Å²) in [7, 11) is 0. The van der Waals surface area contributed by atoms with Crippen molar-refractivity contribution in [2.45, 2.75) is 12.7 Å². The topological polar surface area (TPSA) is 24.9 Å². The minimum atomic E-state index is 0.926. The van der Waals surface area contributed by atoms with E-state index < -0.39 is 0 Å². The predicted octanol–water partition coefficient (Wildman–Crippen LogP) is 2.38. The molecule has 0 radical (unpaired) electrons. The number of thioether (sulfide) groups is 1. The van der Waals surface area contributed by atoms with Gasteiger partial charge in [0.2, 0.25) is 0 Å². The summed E-state index contributed by atoms with van der Waals surface area (Å²) in [5.41, 5.74) is 1.14. The van der Waals surface area contributed by atoms with Gasteiger partial charge in [-0.25, -0.2) is 4.98 Å². The van der Waals surface area contributed by atoms with Crippen molar-refractivity contribution < 1.29 is 0 Å². The third kappa shape index (κ3) is 2.74. The van der Waals surface area contributed by atoms with Crippen LogP contribution in [0.2, 0.25) is 0 Å². The van der Waals surface area contributed by atoms with Crippen molar-refractivity contribution in [3.8, 4) is 0 Å². The highest BCUT2D eigenvalue weighted by molar-refractivity contribution is 7.97. The van der Waals surface area contributed by atoms with Crippen LogP contribution in [0.25, 0.3) is 0 Å². The first-order valence-corrected chi connectivity index (χ1v) is 5.45. The lowest BCUT2D eigenvalue weighted by Gasteiger charge is -2.03. The predicted molar refractivity (Wildman–Crippen MR) is 55.6 cm³/mol. The Kier molecular flexibility index (Phi) is 3.94. The van der Waals surface area contributed by atoms with E-state index in [9.17, 15) is 0 Å². The summed E-state index contributed by atoms with van der Waals surface area (Å²) in [5, 5.41) is 3.19. The van der Waals surface area contributed by atoms with Crippen molar-refractivity contribution in [2.24, 2.45) is 0 Å². The standard InChI is InChI=1S/C9H14N2S/c1-3-10-9-6-4-5-8(11-9)7-12-2/h4-6H,3,7H2,1-2H3,(H,10,11). The van der Waals surface area contributed by atoms with E-state index in [0.717, 1.165) is 23.8 Å². The minimum Gasteiger partial charge on any atom is -0.370 e. The Morgan fingerprint density at radius 3 is 3.00 bits per heavy atom. The first-order valence-electron chi connectivity index (χ1n) is 4.05. The summed E-state index contributed by atoms with van der Waals surface area (Å²) in [5.74, 6) is 1.96. The van der Waals surface area contributed by atoms with Crippen molar-refractivity contribution in [3.05, 3.63) is 23.9 Å². The van der Waals surface area contributed by atoms with Gasteiger partial charge in [-0.2, -0.15) is 11.8 Å². The summed E-state index contributed by atoms with van der Waals surface area (Å²) >= 11 is 1.79. The monoisotopic (exact) mass is 182 g/mol. The zero-order valence-corrected chi connectivity index (χ0v) is 8.32. The third-order valence-electron chi connectivity index (χ3n) is 1.46. The average Bonchev–Trinajstić information content (AvgIpc) is 2.06. The minimum absolute atomic E-state index is 0.926. The summed E-state index contributed by atoms with van der Waals surface area (Å²) in [6, 6.07) is 6.08. The molecule has 0 aliphatic heterocycles. The van der Waals surface area contributed by atoms with Crippen LogP contribution in [-0.2, 0) is 5.75 Å². The molecule has 1 rings (SSSR count). The van der Waals surface area contributed by atoms with Crippen LogP contribution in [0.1, 0.15) is 12.6 Å². The molecular weight excluding hydrogens is 168 g/mol. The van der Waals surface area contributed by atoms with E-state index in [4.69, 9.17) is 0 Å². The smallest absolute Gasteiger partial charge is 0.126 e. The van der Waals surface area contributed by atoms with Crippen LogP contribution in [0.15, 0.2) is 18.2 Å². The number of rotatable bonds is 4. The highest BCUT2D eigenvalue weighted by Gasteiger charge is 1.94. The molecule has 0 spiro atoms. The average molecular weight is 182 g/mol. The second-order valence-electron chi connectivity index (χ2n) is 2.48. The van der Waals surface area contributed by atoms with E-state index >= 15 is 0 Å². The molecule has 12 heavy (non-hydrogen) atoms. The van der Waals surface area contributed by atoms with Gasteiger partial charge in [0.15, 0.2) is 0 Å². The molecule has 1 N–H and O–H groups in total. The van der Waals surface area contributed by atoms with Crippen molar-refractivity contribution in [3.63, 3.8) is 0 Å². The molecule has 0 aliphatic carbocycles. The molecule has 0 saturated heterocycles. The van der Waals surface area contributed by atoms with Crippen LogP contribution in [0.3, 0.4) is 0 Å². The van der Waals surface area contributed by atoms with Crippen molar-refractivity contribution in [1.29, 1.82) is 0 Å². The van der Waals surface area contributed by atoms with Gasteiger partial charge in [-0.15, -0.1) is 0 Å². The Hall–Kier alpha value is -0.700. The Morgan fingerprint density at radius 1 is 1.50 bits per heavy atom. The highest BCUT2D eigenvalue weighted by atomic mass is 32.2. The molecular formula is C9H14N2S. The second-order valence-corrected chi connectivity index (χ2v) is 3.34. The Bertz CT molecular complexity index is 216. The van der Waals surface area contributed by atoms with Crippen LogP contribution >= 0.6 is 11.8 Å². The largest absolute Gasteiger partial charge is 0.370 e. The summed E-state index contributed by atoms with van der Waals surface area (Å²) < 4.78 is 0. The molecule has 1 aromatic heterocycles. The highest BCUT2D eigenvalue weighted by Crippen LogP contribution is 2.09. The van der Waals surface area contributed by atoms with Crippen LogP contribution in [-0.4, -0.2) is 17.8 Å². The SMILES string of the molecule is CCNc1cccc(CSC)n1. The summed E-state index contributed by atoms with van der Waals surface area (Å²) in [6.45, 7) is 3.00. The Labute approximate surface area is 77.8 Å². The second kappa shape index (κ2) is 5.04. The van der Waals surface area contributed by atoms with Gasteiger partial charge in [-0.05, 0) is 25.3 Å². The van der Waals surface area contributed by atoms with Crippen molar-refractivity contribution in [2.75, 3.05) is 18.1 Å². The summed E-state index contributed by atoms with van der Waals surface area (Å²) in [6.07, 6.45) is 2.08. The van der Waals surface area contributed by atoms with Crippen molar-refractivity contribution >= 4 is 17.6 Å². The lowest BCUT2D eigenvalue weighted by Crippen LogP contribution is -2.00. The lowest BCUT2D eigenvalue weighted by molar-refractivity contribution is 1.11. The van der Waals surface area contributed by atoms with Gasteiger partial charge >= 0.3 is 0 Å². The molecule has 0 bridgehead atoms. The number of hydrogen-bond donors (Lipinski definition) is 1. The Morgan fingerprint density at radius 2 is 2.33 bits per heavy atom. The molecule has 1 aromatic rings. The number of nitrogens with zero attached hydrogens (tertiary/aromatic N) is 1. The third-order valence-corrected chi connectivity index (χ3v) is 2.04. The van der Waals surface area contributed by atoms with Gasteiger partial charge in [-0.1, -0.05) is 6.07 Å². The molecule has 0 saturated carbocycles. The maximum absolute atomic E-state index is 4.42. The zero-order valence-electron chi connectivity index (χ0n) is 7.50. The van der Waals surface area contributed by atoms with E-state index in [0.29, 0.717) is 0 Å². The first kappa shape index (κ1) is 9.39. The lowest BCUT2D eigenvalue weighted by atomic mass is 10.4. The van der Waals surface area contributed by atoms with E-state index in [2.05, 4.69) is 29.5 Å². The van der Waals surface area contributed by atoms with Gasteiger partial charge in [0, 0.05) is 12.3 Å². The molecule has 0 atom stereocenters. The quantitative estimate of drug-likeness (QED) is 0.774. The molecule has 0 fully saturated rings. The number of aromatic nitrogens is 1. The fourth-order valence-corrected chi connectivity index (χ4v) is 1.44. The maximum Gasteiger partial charge on any atom is 0.126 e. The number of nitrogens with one attached hydrogen (secondary N) is 1. The zero-order chi connectivity index (χ0) is 8.81. The molecule has 0 amide bonds. The van der Waals surface area contributed by atoms with Crippen LogP contribution in [0.4, 0.5) is 5.82 Å². The van der Waals surface area contributed by atoms with Crippen LogP contribution < -0.4 is 5.32 Å². The fraction of sp³-hybridized carbons (Fsp3) is 0.444. The van der Waals surface area contributed by atoms with Crippen LogP contribution in [0, 0.1) is 0 Å². The molecule has 0 unspecified atom stereocenters. The van der Waals surface area contributed by atoms with Gasteiger partial charge < -0.3 is 5.32 Å². The van der Waals surface area contributed by atoms with Crippen molar-refractivity contribution in [1.82, 2.24) is 4.98 Å². The van der Waals surface area contributed by atoms with E-state index in [-0.39, 0.29) is 0 Å². The molecule has 66 valence electrons. The van der Waals surface area contributed by atoms with Gasteiger partial charge in [0.1, 0.15) is 5.82 Å². The molecule has 1 heterocycles. The molecule has 0 aromatic carbocycles. The van der Waals surface area contributed by atoms with E-state index in [1.165, 1.54) is 0 Å². The van der Waals surface area contributed by atoms with Gasteiger partial charge in [0.05, 0.1) is 5.69 Å². The normalized spacial score (nSPS) is 9.83. The number of pyridine rings is 1. The molecule has 3 heteroatoms. The maximum atomic E-state index is 4.42. The Balaban J connectivity index is 2.67. The van der Waals surface area contributed by atoms with Gasteiger partial charge in [0.25, 0.3) is 0 Å². The first-order chi connectivity index (χ1) is 5.86. The van der Waals surface area contributed by atoms with Gasteiger partial charge in [-0.3, -0.25) is 0 Å². The number of anilines is 1. The molecule has 2 nitrogen and oxygen atoms in total. The van der Waals surface area contributed by atoms with E-state index in [1.54, 1.807) is 11.8 Å². The van der Waals surface area contributed by atoms with Crippen LogP contribution in [0.5, 0.6) is 0 Å². The fourth-order valence-electron chi connectivity index (χ4n) is 0.987.